The molecule has 1 aromatic carbocycles. The summed E-state index contributed by atoms with van der Waals surface area (Å²) in [6, 6.07) is 8.29. The first kappa shape index (κ1) is 9.07. The molecular weight excluding hydrogens is 172 g/mol. The molecule has 0 N–H and O–H groups in total. The van der Waals surface area contributed by atoms with Crippen molar-refractivity contribution in [1.29, 1.82) is 0 Å². The van der Waals surface area contributed by atoms with Gasteiger partial charge in [0.1, 0.15) is 5.75 Å². The van der Waals surface area contributed by atoms with Gasteiger partial charge in [-0.15, -0.1) is 0 Å². The third-order valence-electron chi connectivity index (χ3n) is 2.52. The van der Waals surface area contributed by atoms with E-state index in [0.717, 1.165) is 12.2 Å². The van der Waals surface area contributed by atoms with E-state index in [9.17, 15) is 0 Å². The number of hydrogen-bond donors (Lipinski definition) is 0. The predicted octanol–water partition coefficient (Wildman–Crippen LogP) is 3.29. The minimum absolute atomic E-state index is 0.533. The SMILES string of the molecule is COc1ccc(C2C=CC=CC2)cc1. The van der Waals surface area contributed by atoms with Crippen molar-refractivity contribution in [2.24, 2.45) is 0 Å². The van der Waals surface area contributed by atoms with Gasteiger partial charge in [0.05, 0.1) is 7.11 Å². The molecular formula is C13H14O. The van der Waals surface area contributed by atoms with Gasteiger partial charge in [-0.3, -0.25) is 0 Å². The number of hydrogen-bond acceptors (Lipinski definition) is 1. The fourth-order valence-electron chi connectivity index (χ4n) is 1.68. The van der Waals surface area contributed by atoms with E-state index in [1.165, 1.54) is 5.56 Å². The zero-order valence-corrected chi connectivity index (χ0v) is 8.31. The Hall–Kier alpha value is -1.50. The Morgan fingerprint density at radius 2 is 1.93 bits per heavy atom. The van der Waals surface area contributed by atoms with Gasteiger partial charge in [-0.2, -0.15) is 0 Å². The molecule has 1 atom stereocenters. The van der Waals surface area contributed by atoms with E-state index in [2.05, 4.69) is 36.4 Å². The van der Waals surface area contributed by atoms with E-state index in [4.69, 9.17) is 4.74 Å². The van der Waals surface area contributed by atoms with Crippen molar-refractivity contribution in [2.75, 3.05) is 7.11 Å². The van der Waals surface area contributed by atoms with Crippen molar-refractivity contribution in [3.05, 3.63) is 54.1 Å². The summed E-state index contributed by atoms with van der Waals surface area (Å²) in [5, 5.41) is 0. The summed E-state index contributed by atoms with van der Waals surface area (Å²) >= 11 is 0. The Balaban J connectivity index is 2.16. The highest BCUT2D eigenvalue weighted by Crippen LogP contribution is 2.25. The molecule has 1 unspecified atom stereocenters. The minimum atomic E-state index is 0.533. The van der Waals surface area contributed by atoms with Crippen LogP contribution in [0.25, 0.3) is 0 Å². The number of benzene rings is 1. The van der Waals surface area contributed by atoms with Gasteiger partial charge in [0.2, 0.25) is 0 Å². The van der Waals surface area contributed by atoms with Crippen molar-refractivity contribution in [2.45, 2.75) is 12.3 Å². The topological polar surface area (TPSA) is 9.23 Å². The van der Waals surface area contributed by atoms with E-state index in [0.29, 0.717) is 5.92 Å². The Kier molecular flexibility index (Phi) is 2.68. The third-order valence-corrected chi connectivity index (χ3v) is 2.52. The quantitative estimate of drug-likeness (QED) is 0.688. The zero-order valence-electron chi connectivity index (χ0n) is 8.31. The average molecular weight is 186 g/mol. The molecule has 0 saturated carbocycles. The molecule has 14 heavy (non-hydrogen) atoms. The normalized spacial score (nSPS) is 19.6. The molecule has 0 aliphatic heterocycles. The molecule has 1 aliphatic carbocycles. The lowest BCUT2D eigenvalue weighted by Gasteiger charge is -2.13. The molecule has 1 heteroatoms. The van der Waals surface area contributed by atoms with Gasteiger partial charge in [0.25, 0.3) is 0 Å². The Bertz CT molecular complexity index is 346. The first-order valence-electron chi connectivity index (χ1n) is 4.87. The van der Waals surface area contributed by atoms with Crippen LogP contribution in [0.2, 0.25) is 0 Å². The van der Waals surface area contributed by atoms with Gasteiger partial charge < -0.3 is 4.74 Å². The number of methoxy groups -OCH3 is 1. The first-order chi connectivity index (χ1) is 6.90. The van der Waals surface area contributed by atoms with Crippen LogP contribution < -0.4 is 4.74 Å². The van der Waals surface area contributed by atoms with Gasteiger partial charge in [0, 0.05) is 5.92 Å². The molecule has 72 valence electrons. The monoisotopic (exact) mass is 186 g/mol. The molecule has 0 spiro atoms. The van der Waals surface area contributed by atoms with Gasteiger partial charge in [-0.25, -0.2) is 0 Å². The molecule has 0 aromatic heterocycles. The summed E-state index contributed by atoms with van der Waals surface area (Å²) in [5.41, 5.74) is 1.35. The van der Waals surface area contributed by atoms with E-state index in [1.807, 2.05) is 12.1 Å². The van der Waals surface area contributed by atoms with E-state index >= 15 is 0 Å². The van der Waals surface area contributed by atoms with Crippen molar-refractivity contribution < 1.29 is 4.74 Å². The summed E-state index contributed by atoms with van der Waals surface area (Å²) in [4.78, 5) is 0. The molecule has 0 radical (unpaired) electrons. The third kappa shape index (κ3) is 1.87. The summed E-state index contributed by atoms with van der Waals surface area (Å²) in [5.74, 6) is 1.45. The summed E-state index contributed by atoms with van der Waals surface area (Å²) < 4.78 is 5.12. The van der Waals surface area contributed by atoms with Crippen LogP contribution in [-0.4, -0.2) is 7.11 Å². The molecule has 2 rings (SSSR count). The average Bonchev–Trinajstić information content (AvgIpc) is 2.30. The molecule has 1 nitrogen and oxygen atoms in total. The van der Waals surface area contributed by atoms with Crippen LogP contribution in [0, 0.1) is 0 Å². The van der Waals surface area contributed by atoms with Gasteiger partial charge in [-0.05, 0) is 24.1 Å². The maximum atomic E-state index is 5.12. The standard InChI is InChI=1S/C13H14O/c1-14-13-9-7-12(8-10-13)11-5-3-2-4-6-11/h2-5,7-11H,6H2,1H3. The lowest BCUT2D eigenvalue weighted by Crippen LogP contribution is -1.95. The lowest BCUT2D eigenvalue weighted by atomic mass is 9.93. The summed E-state index contributed by atoms with van der Waals surface area (Å²) in [6.45, 7) is 0. The van der Waals surface area contributed by atoms with Crippen LogP contribution in [0.1, 0.15) is 17.9 Å². The van der Waals surface area contributed by atoms with Crippen LogP contribution in [-0.2, 0) is 0 Å². The maximum Gasteiger partial charge on any atom is 0.118 e. The molecule has 0 amide bonds. The van der Waals surface area contributed by atoms with Gasteiger partial charge in [0.15, 0.2) is 0 Å². The second-order valence-corrected chi connectivity index (χ2v) is 3.43. The van der Waals surface area contributed by atoms with E-state index in [-0.39, 0.29) is 0 Å². The van der Waals surface area contributed by atoms with E-state index in [1.54, 1.807) is 7.11 Å². The first-order valence-corrected chi connectivity index (χ1v) is 4.87. The van der Waals surface area contributed by atoms with Crippen LogP contribution in [0.3, 0.4) is 0 Å². The maximum absolute atomic E-state index is 5.12. The molecule has 0 heterocycles. The minimum Gasteiger partial charge on any atom is -0.497 e. The van der Waals surface area contributed by atoms with Crippen LogP contribution >= 0.6 is 0 Å². The van der Waals surface area contributed by atoms with Gasteiger partial charge >= 0.3 is 0 Å². The Labute approximate surface area is 84.7 Å². The summed E-state index contributed by atoms with van der Waals surface area (Å²) in [6.07, 6.45) is 9.75. The number of allylic oxidation sites excluding steroid dienone is 4. The molecule has 1 aromatic rings. The highest BCUT2D eigenvalue weighted by atomic mass is 16.5. The van der Waals surface area contributed by atoms with E-state index < -0.39 is 0 Å². The highest BCUT2D eigenvalue weighted by molar-refractivity contribution is 5.33. The van der Waals surface area contributed by atoms with Crippen molar-refractivity contribution in [3.8, 4) is 5.75 Å². The zero-order chi connectivity index (χ0) is 9.80. The fraction of sp³-hybridized carbons (Fsp3) is 0.231. The Morgan fingerprint density at radius 3 is 2.50 bits per heavy atom. The largest absolute Gasteiger partial charge is 0.497 e. The molecule has 0 saturated heterocycles. The van der Waals surface area contributed by atoms with Crippen LogP contribution in [0.15, 0.2) is 48.6 Å². The highest BCUT2D eigenvalue weighted by Gasteiger charge is 2.07. The van der Waals surface area contributed by atoms with Crippen molar-refractivity contribution in [3.63, 3.8) is 0 Å². The Morgan fingerprint density at radius 1 is 1.14 bits per heavy atom. The number of ether oxygens (including phenoxy) is 1. The van der Waals surface area contributed by atoms with Crippen molar-refractivity contribution in [1.82, 2.24) is 0 Å². The molecule has 0 fully saturated rings. The van der Waals surface area contributed by atoms with Gasteiger partial charge in [-0.1, -0.05) is 36.4 Å². The van der Waals surface area contributed by atoms with Crippen LogP contribution in [0.4, 0.5) is 0 Å². The fourth-order valence-corrected chi connectivity index (χ4v) is 1.68. The second-order valence-electron chi connectivity index (χ2n) is 3.43. The lowest BCUT2D eigenvalue weighted by molar-refractivity contribution is 0.414. The smallest absolute Gasteiger partial charge is 0.118 e. The second kappa shape index (κ2) is 4.14. The van der Waals surface area contributed by atoms with Crippen LogP contribution in [0.5, 0.6) is 5.75 Å². The molecule has 1 aliphatic rings. The number of rotatable bonds is 2. The molecule has 0 bridgehead atoms. The summed E-state index contributed by atoms with van der Waals surface area (Å²) in [7, 11) is 1.69. The van der Waals surface area contributed by atoms with Crippen molar-refractivity contribution >= 4 is 0 Å². The predicted molar refractivity (Wildman–Crippen MR) is 58.6 cm³/mol.